The molecule has 4 fully saturated rings. The Morgan fingerprint density at radius 1 is 0.821 bits per heavy atom. The first-order valence-corrected chi connectivity index (χ1v) is 28.6. The highest BCUT2D eigenvalue weighted by atomic mass is 32.1. The normalized spacial score (nSPS) is 18.1. The third-order valence-corrected chi connectivity index (χ3v) is 16.7. The maximum atomic E-state index is 14.2. The molecule has 5 aromatic rings. The molecule has 9 rings (SSSR count). The van der Waals surface area contributed by atoms with Crippen molar-refractivity contribution in [2.24, 2.45) is 5.92 Å². The number of benzene rings is 1. The number of piperazine rings is 1. The number of carbonyl (C=O) groups is 5. The zero-order valence-electron chi connectivity index (χ0n) is 45.3. The van der Waals surface area contributed by atoms with Gasteiger partial charge in [0.2, 0.25) is 29.5 Å². The van der Waals surface area contributed by atoms with E-state index >= 15 is 0 Å². The number of fused-ring (bicyclic) bond motifs is 1. The molecule has 0 spiro atoms. The summed E-state index contributed by atoms with van der Waals surface area (Å²) < 4.78 is 19.1. The molecule has 0 radical (unpaired) electrons. The number of hydrogen-bond acceptors (Lipinski definition) is 17. The molecule has 2 saturated heterocycles. The number of anilines is 3. The average Bonchev–Trinajstić information content (AvgIpc) is 4.29. The molecule has 2 aliphatic heterocycles. The van der Waals surface area contributed by atoms with Crippen molar-refractivity contribution >= 4 is 69.1 Å². The summed E-state index contributed by atoms with van der Waals surface area (Å²) in [7, 11) is 1.73. The Bertz CT molecular complexity index is 2980. The van der Waals surface area contributed by atoms with Gasteiger partial charge in [0.05, 0.1) is 62.4 Å². The maximum Gasteiger partial charge on any atom is 0.263 e. The smallest absolute Gasteiger partial charge is 0.263 e. The lowest BCUT2D eigenvalue weighted by Crippen LogP contribution is -2.55. The van der Waals surface area contributed by atoms with Crippen LogP contribution in [-0.4, -0.2) is 148 Å². The fourth-order valence-electron chi connectivity index (χ4n) is 11.3. The predicted molar refractivity (Wildman–Crippen MR) is 297 cm³/mol. The summed E-state index contributed by atoms with van der Waals surface area (Å²) in [4.78, 5) is 105. The second kappa shape index (κ2) is 26.3. The lowest BCUT2D eigenvalue weighted by molar-refractivity contribution is -0.139. The fraction of sp³-hybridized carbons (Fsp3) is 0.544. The van der Waals surface area contributed by atoms with Gasteiger partial charge in [-0.15, -0.1) is 11.3 Å². The standard InChI is InChI=1S/C57H73N11O9S/c1-36-44-34-60-57(64-52(44)68(41-15-8-9-16-41)55(73)49(36)38(3)69)62-47-20-19-42(33-59-47)65-23-25-66(26-24-65)48(70)21-27-75-28-29-76-30-31-77-43-17-10-14-40(32-43)51(71)45-35-78-54(61-45)46-18-11-22-67(46)56(74)50(39-12-6-5-7-13-39)63-53(72)37(2)58-4/h10,14,17,19-20,32-35,37,39,41,46,50,58H,5-9,11-13,15-16,18,21-31H2,1-4H3,(H,63,72)(H,59,60,62,64)/t37?,46?,50-/m0/s1. The van der Waals surface area contributed by atoms with Crippen LogP contribution >= 0.6 is 11.3 Å². The minimum absolute atomic E-state index is 0.0146. The van der Waals surface area contributed by atoms with Gasteiger partial charge in [0, 0.05) is 61.3 Å². The maximum absolute atomic E-state index is 14.2. The van der Waals surface area contributed by atoms with E-state index in [2.05, 4.69) is 30.8 Å². The molecule has 3 N–H and O–H groups in total. The molecule has 0 bridgehead atoms. The highest BCUT2D eigenvalue weighted by molar-refractivity contribution is 7.10. The monoisotopic (exact) mass is 1090 g/mol. The topological polar surface area (TPSA) is 232 Å². The number of pyridine rings is 2. The lowest BCUT2D eigenvalue weighted by atomic mass is 9.83. The molecule has 1 aromatic carbocycles. The number of aryl methyl sites for hydroxylation is 1. The molecule has 6 heterocycles. The molecular formula is C57H73N11O9S. The zero-order valence-corrected chi connectivity index (χ0v) is 46.1. The molecule has 4 aromatic heterocycles. The zero-order chi connectivity index (χ0) is 54.7. The number of likely N-dealkylation sites (tertiary alicyclic amines) is 1. The number of thiazole rings is 1. The SMILES string of the molecule is CNC(C)C(=O)N[C@H](C(=O)N1CCCC1c1nc(C(=O)c2cccc(OCCOCCOCCC(=O)N3CCN(c4ccc(Nc5ncc6c(C)c(C(C)=O)c(=O)n(C7CCCC7)c6n5)nc4)CC3)c2)cs1)C1CCCCC1. The predicted octanol–water partition coefficient (Wildman–Crippen LogP) is 6.73. The molecule has 2 aliphatic carbocycles. The number of aromatic nitrogens is 5. The fourth-order valence-corrected chi connectivity index (χ4v) is 12.2. The van der Waals surface area contributed by atoms with Crippen molar-refractivity contribution in [2.45, 2.75) is 122 Å². The van der Waals surface area contributed by atoms with Gasteiger partial charge < -0.3 is 44.9 Å². The molecule has 416 valence electrons. The number of nitrogens with one attached hydrogen (secondary N) is 3. The molecule has 2 unspecified atom stereocenters. The van der Waals surface area contributed by atoms with E-state index in [1.54, 1.807) is 67.5 Å². The molecular weight excluding hydrogens is 1010 g/mol. The number of ketones is 2. The van der Waals surface area contributed by atoms with E-state index in [1.165, 1.54) is 18.3 Å². The van der Waals surface area contributed by atoms with Crippen molar-refractivity contribution < 1.29 is 38.2 Å². The molecule has 21 heteroatoms. The van der Waals surface area contributed by atoms with Crippen molar-refractivity contribution in [1.82, 2.24) is 44.9 Å². The number of nitrogens with zero attached hydrogens (tertiary/aromatic N) is 8. The van der Waals surface area contributed by atoms with Crippen LogP contribution in [0.4, 0.5) is 17.5 Å². The van der Waals surface area contributed by atoms with Crippen molar-refractivity contribution in [3.05, 3.63) is 91.9 Å². The van der Waals surface area contributed by atoms with E-state index in [0.717, 1.165) is 81.3 Å². The molecule has 4 aliphatic rings. The van der Waals surface area contributed by atoms with E-state index in [9.17, 15) is 28.8 Å². The van der Waals surface area contributed by atoms with Crippen LogP contribution in [0.3, 0.4) is 0 Å². The average molecular weight is 1090 g/mol. The van der Waals surface area contributed by atoms with E-state index in [-0.39, 0.29) is 78.0 Å². The molecule has 2 saturated carbocycles. The second-order valence-corrected chi connectivity index (χ2v) is 21.7. The van der Waals surface area contributed by atoms with E-state index in [0.29, 0.717) is 97.9 Å². The summed E-state index contributed by atoms with van der Waals surface area (Å²) in [5.41, 5.74) is 2.70. The second-order valence-electron chi connectivity index (χ2n) is 20.8. The van der Waals surface area contributed by atoms with Crippen LogP contribution in [0.2, 0.25) is 0 Å². The number of amides is 3. The number of Topliss-reactive ketones (excluding diaryl/α,β-unsaturated/α-hetero) is 1. The third-order valence-electron chi connectivity index (χ3n) is 15.7. The van der Waals surface area contributed by atoms with Crippen LogP contribution in [-0.2, 0) is 23.9 Å². The number of hydrogen-bond donors (Lipinski definition) is 3. The summed E-state index contributed by atoms with van der Waals surface area (Å²) in [6, 6.07) is 9.52. The summed E-state index contributed by atoms with van der Waals surface area (Å²) in [6.45, 7) is 9.55. The molecule has 3 amide bonds. The first kappa shape index (κ1) is 56.1. The van der Waals surface area contributed by atoms with Gasteiger partial charge in [-0.2, -0.15) is 4.98 Å². The van der Waals surface area contributed by atoms with Gasteiger partial charge in [-0.25, -0.2) is 15.0 Å². The minimum atomic E-state index is -0.591. The van der Waals surface area contributed by atoms with Crippen molar-refractivity contribution in [3.8, 4) is 5.75 Å². The quantitative estimate of drug-likeness (QED) is 0.0455. The first-order chi connectivity index (χ1) is 37.9. The summed E-state index contributed by atoms with van der Waals surface area (Å²) in [6.07, 6.45) is 14.1. The Balaban J connectivity index is 0.662. The van der Waals surface area contributed by atoms with Crippen LogP contribution in [0, 0.1) is 12.8 Å². The Labute approximate surface area is 459 Å². The van der Waals surface area contributed by atoms with Crippen LogP contribution in [0.5, 0.6) is 5.75 Å². The Kier molecular flexibility index (Phi) is 18.9. The van der Waals surface area contributed by atoms with E-state index < -0.39 is 12.1 Å². The van der Waals surface area contributed by atoms with Gasteiger partial charge in [0.1, 0.15) is 40.6 Å². The number of ether oxygens (including phenoxy) is 3. The van der Waals surface area contributed by atoms with Crippen molar-refractivity contribution in [2.75, 3.05) is 83.0 Å². The summed E-state index contributed by atoms with van der Waals surface area (Å²) in [5, 5.41) is 12.4. The summed E-state index contributed by atoms with van der Waals surface area (Å²) >= 11 is 1.38. The number of carbonyl (C=O) groups excluding carboxylic acids is 5. The van der Waals surface area contributed by atoms with Crippen LogP contribution in [0.1, 0.15) is 140 Å². The van der Waals surface area contributed by atoms with Crippen molar-refractivity contribution in [3.63, 3.8) is 0 Å². The van der Waals surface area contributed by atoms with Crippen molar-refractivity contribution in [1.29, 1.82) is 0 Å². The molecule has 78 heavy (non-hydrogen) atoms. The molecule has 3 atom stereocenters. The Hall–Kier alpha value is -6.68. The summed E-state index contributed by atoms with van der Waals surface area (Å²) in [5.74, 6) is 0.761. The van der Waals surface area contributed by atoms with Crippen LogP contribution in [0.15, 0.2) is 59.0 Å². The Morgan fingerprint density at radius 3 is 2.29 bits per heavy atom. The van der Waals surface area contributed by atoms with Gasteiger partial charge in [0.15, 0.2) is 5.78 Å². The van der Waals surface area contributed by atoms with E-state index in [4.69, 9.17) is 24.2 Å². The third kappa shape index (κ3) is 13.2. The number of likely N-dealkylation sites (N-methyl/N-ethyl adjacent to an activating group) is 1. The van der Waals surface area contributed by atoms with Gasteiger partial charge in [-0.1, -0.05) is 44.2 Å². The molecule has 20 nitrogen and oxygen atoms in total. The van der Waals surface area contributed by atoms with Crippen LogP contribution in [0.25, 0.3) is 11.0 Å². The van der Waals surface area contributed by atoms with E-state index in [1.807, 2.05) is 21.9 Å². The highest BCUT2D eigenvalue weighted by Crippen LogP contribution is 2.37. The van der Waals surface area contributed by atoms with Gasteiger partial charge in [-0.3, -0.25) is 33.3 Å². The lowest BCUT2D eigenvalue weighted by Gasteiger charge is -2.36. The van der Waals surface area contributed by atoms with Crippen LogP contribution < -0.4 is 31.1 Å². The number of rotatable bonds is 23. The highest BCUT2D eigenvalue weighted by Gasteiger charge is 2.40. The minimum Gasteiger partial charge on any atom is -0.491 e. The van der Waals surface area contributed by atoms with Gasteiger partial charge in [-0.05, 0) is 102 Å². The Morgan fingerprint density at radius 2 is 1.56 bits per heavy atom. The van der Waals surface area contributed by atoms with Gasteiger partial charge in [0.25, 0.3) is 5.56 Å². The largest absolute Gasteiger partial charge is 0.491 e. The van der Waals surface area contributed by atoms with Gasteiger partial charge >= 0.3 is 0 Å². The first-order valence-electron chi connectivity index (χ1n) is 27.7.